The molecule has 0 spiro atoms. The first-order chi connectivity index (χ1) is 8.66. The minimum absolute atomic E-state index is 0.727. The maximum atomic E-state index is 6.09. The molecule has 0 amide bonds. The van der Waals surface area contributed by atoms with Crippen LogP contribution >= 0.6 is 39.1 Å². The van der Waals surface area contributed by atoms with Crippen molar-refractivity contribution in [3.63, 3.8) is 0 Å². The normalized spacial score (nSPS) is 10.6. The molecule has 2 rings (SSSR count). The number of rotatable bonds is 4. The van der Waals surface area contributed by atoms with E-state index < -0.39 is 0 Å². The van der Waals surface area contributed by atoms with E-state index in [9.17, 15) is 0 Å². The van der Waals surface area contributed by atoms with Crippen LogP contribution in [0.2, 0.25) is 10.0 Å². The summed E-state index contributed by atoms with van der Waals surface area (Å²) in [4.78, 5) is 0. The molecule has 4 heteroatoms. The standard InChI is InChI=1S/C14H12BrCl2N/c15-12-7-10(5-6-14(12)17)8-18-9-11-3-1-2-4-13(11)16/h1-7,18H,8-9H2. The predicted molar refractivity (Wildman–Crippen MR) is 81.1 cm³/mol. The topological polar surface area (TPSA) is 12.0 Å². The Balaban J connectivity index is 1.92. The second kappa shape index (κ2) is 6.58. The Bertz CT molecular complexity index is 543. The van der Waals surface area contributed by atoms with E-state index in [1.165, 1.54) is 5.56 Å². The molecule has 94 valence electrons. The molecule has 1 N–H and O–H groups in total. The zero-order valence-corrected chi connectivity index (χ0v) is 12.7. The third kappa shape index (κ3) is 3.72. The molecule has 0 radical (unpaired) electrons. The van der Waals surface area contributed by atoms with Gasteiger partial charge in [-0.05, 0) is 45.3 Å². The van der Waals surface area contributed by atoms with E-state index in [-0.39, 0.29) is 0 Å². The van der Waals surface area contributed by atoms with Gasteiger partial charge in [-0.15, -0.1) is 0 Å². The van der Waals surface area contributed by atoms with Crippen molar-refractivity contribution in [1.82, 2.24) is 5.32 Å². The van der Waals surface area contributed by atoms with Crippen LogP contribution in [0.25, 0.3) is 0 Å². The molecule has 0 aliphatic carbocycles. The lowest BCUT2D eigenvalue weighted by atomic mass is 10.2. The van der Waals surface area contributed by atoms with Crippen molar-refractivity contribution in [2.75, 3.05) is 0 Å². The van der Waals surface area contributed by atoms with Gasteiger partial charge in [0.2, 0.25) is 0 Å². The summed E-state index contributed by atoms with van der Waals surface area (Å²) >= 11 is 15.4. The van der Waals surface area contributed by atoms with Gasteiger partial charge in [-0.3, -0.25) is 0 Å². The Labute approximate surface area is 125 Å². The zero-order valence-electron chi connectivity index (χ0n) is 9.59. The summed E-state index contributed by atoms with van der Waals surface area (Å²) in [6, 6.07) is 13.8. The summed E-state index contributed by atoms with van der Waals surface area (Å²) in [5.41, 5.74) is 2.28. The highest BCUT2D eigenvalue weighted by molar-refractivity contribution is 9.10. The van der Waals surface area contributed by atoms with Gasteiger partial charge in [-0.2, -0.15) is 0 Å². The van der Waals surface area contributed by atoms with Crippen LogP contribution in [0.1, 0.15) is 11.1 Å². The zero-order chi connectivity index (χ0) is 13.0. The summed E-state index contributed by atoms with van der Waals surface area (Å²) in [5, 5.41) is 4.88. The third-order valence-electron chi connectivity index (χ3n) is 2.59. The number of benzene rings is 2. The van der Waals surface area contributed by atoms with Crippen LogP contribution in [-0.2, 0) is 13.1 Å². The first-order valence-corrected chi connectivity index (χ1v) is 7.10. The molecular weight excluding hydrogens is 333 g/mol. The summed E-state index contributed by atoms with van der Waals surface area (Å²) in [6.45, 7) is 1.53. The molecule has 0 bridgehead atoms. The fourth-order valence-electron chi connectivity index (χ4n) is 1.63. The van der Waals surface area contributed by atoms with E-state index >= 15 is 0 Å². The Morgan fingerprint density at radius 3 is 2.44 bits per heavy atom. The molecule has 0 saturated carbocycles. The van der Waals surface area contributed by atoms with Crippen molar-refractivity contribution in [2.45, 2.75) is 13.1 Å². The molecule has 0 atom stereocenters. The molecule has 0 aliphatic heterocycles. The number of halogens is 3. The summed E-state index contributed by atoms with van der Waals surface area (Å²) < 4.78 is 0.918. The van der Waals surface area contributed by atoms with Crippen molar-refractivity contribution < 1.29 is 0 Å². The molecular formula is C14H12BrCl2N. The van der Waals surface area contributed by atoms with Gasteiger partial charge in [0, 0.05) is 22.6 Å². The molecule has 0 fully saturated rings. The maximum absolute atomic E-state index is 6.09. The average molecular weight is 345 g/mol. The van der Waals surface area contributed by atoms with Crippen molar-refractivity contribution in [3.8, 4) is 0 Å². The number of hydrogen-bond donors (Lipinski definition) is 1. The van der Waals surface area contributed by atoms with Crippen LogP contribution in [0.15, 0.2) is 46.9 Å². The molecule has 0 heterocycles. The average Bonchev–Trinajstić information content (AvgIpc) is 2.36. The van der Waals surface area contributed by atoms with E-state index in [1.807, 2.05) is 42.5 Å². The fraction of sp³-hybridized carbons (Fsp3) is 0.143. The van der Waals surface area contributed by atoms with Crippen molar-refractivity contribution in [3.05, 3.63) is 68.1 Å². The Morgan fingerprint density at radius 2 is 1.72 bits per heavy atom. The predicted octanol–water partition coefficient (Wildman–Crippen LogP) is 5.05. The van der Waals surface area contributed by atoms with Gasteiger partial charge in [0.15, 0.2) is 0 Å². The van der Waals surface area contributed by atoms with Gasteiger partial charge in [-0.25, -0.2) is 0 Å². The van der Waals surface area contributed by atoms with Gasteiger partial charge in [-0.1, -0.05) is 47.5 Å². The summed E-state index contributed by atoms with van der Waals surface area (Å²) in [7, 11) is 0. The summed E-state index contributed by atoms with van der Waals surface area (Å²) in [6.07, 6.45) is 0. The highest BCUT2D eigenvalue weighted by Crippen LogP contribution is 2.23. The summed E-state index contributed by atoms with van der Waals surface area (Å²) in [5.74, 6) is 0. The molecule has 1 nitrogen and oxygen atoms in total. The third-order valence-corrected chi connectivity index (χ3v) is 4.17. The Hall–Kier alpha value is -0.540. The van der Waals surface area contributed by atoms with Gasteiger partial charge in [0.05, 0.1) is 5.02 Å². The second-order valence-electron chi connectivity index (χ2n) is 3.94. The molecule has 0 aliphatic rings. The second-order valence-corrected chi connectivity index (χ2v) is 5.61. The number of hydrogen-bond acceptors (Lipinski definition) is 1. The molecule has 2 aromatic carbocycles. The first-order valence-electron chi connectivity index (χ1n) is 5.55. The Kier molecular flexibility index (Phi) is 5.07. The largest absolute Gasteiger partial charge is 0.309 e. The molecule has 0 saturated heterocycles. The van der Waals surface area contributed by atoms with E-state index in [4.69, 9.17) is 23.2 Å². The minimum Gasteiger partial charge on any atom is -0.309 e. The fourth-order valence-corrected chi connectivity index (χ4v) is 2.38. The van der Waals surface area contributed by atoms with E-state index in [0.717, 1.165) is 33.2 Å². The smallest absolute Gasteiger partial charge is 0.0548 e. The van der Waals surface area contributed by atoms with Crippen molar-refractivity contribution in [2.24, 2.45) is 0 Å². The first kappa shape index (κ1) is 13.9. The molecule has 0 unspecified atom stereocenters. The highest BCUT2D eigenvalue weighted by Gasteiger charge is 2.01. The van der Waals surface area contributed by atoms with Crippen LogP contribution in [0, 0.1) is 0 Å². The van der Waals surface area contributed by atoms with Gasteiger partial charge in [0.25, 0.3) is 0 Å². The lowest BCUT2D eigenvalue weighted by Gasteiger charge is -2.07. The van der Waals surface area contributed by atoms with Crippen LogP contribution in [0.5, 0.6) is 0 Å². The number of nitrogens with one attached hydrogen (secondary N) is 1. The van der Waals surface area contributed by atoms with Crippen molar-refractivity contribution >= 4 is 39.1 Å². The van der Waals surface area contributed by atoms with Crippen LogP contribution in [0.4, 0.5) is 0 Å². The minimum atomic E-state index is 0.727. The van der Waals surface area contributed by atoms with Gasteiger partial charge in [0.1, 0.15) is 0 Å². The highest BCUT2D eigenvalue weighted by atomic mass is 79.9. The lowest BCUT2D eigenvalue weighted by Crippen LogP contribution is -2.12. The van der Waals surface area contributed by atoms with E-state index in [2.05, 4.69) is 21.2 Å². The SMILES string of the molecule is Clc1ccc(CNCc2ccccc2Cl)cc1Br. The lowest BCUT2D eigenvalue weighted by molar-refractivity contribution is 0.693. The molecule has 2 aromatic rings. The van der Waals surface area contributed by atoms with Crippen LogP contribution < -0.4 is 5.32 Å². The van der Waals surface area contributed by atoms with Crippen LogP contribution in [0.3, 0.4) is 0 Å². The quantitative estimate of drug-likeness (QED) is 0.818. The Morgan fingerprint density at radius 1 is 0.944 bits per heavy atom. The van der Waals surface area contributed by atoms with Gasteiger partial charge >= 0.3 is 0 Å². The van der Waals surface area contributed by atoms with Crippen LogP contribution in [-0.4, -0.2) is 0 Å². The monoisotopic (exact) mass is 343 g/mol. The van der Waals surface area contributed by atoms with E-state index in [1.54, 1.807) is 0 Å². The molecule has 0 aromatic heterocycles. The molecule has 18 heavy (non-hydrogen) atoms. The van der Waals surface area contributed by atoms with Crippen molar-refractivity contribution in [1.29, 1.82) is 0 Å². The van der Waals surface area contributed by atoms with Gasteiger partial charge < -0.3 is 5.32 Å². The van der Waals surface area contributed by atoms with E-state index in [0.29, 0.717) is 0 Å². The maximum Gasteiger partial charge on any atom is 0.0548 e.